The van der Waals surface area contributed by atoms with Gasteiger partial charge in [-0.1, -0.05) is 89.8 Å². The minimum atomic E-state index is -0.273. The van der Waals surface area contributed by atoms with Crippen LogP contribution in [0.5, 0.6) is 0 Å². The molecule has 1 aliphatic heterocycles. The lowest BCUT2D eigenvalue weighted by Gasteiger charge is -2.40. The molecule has 1 unspecified atom stereocenters. The Morgan fingerprint density at radius 2 is 1.67 bits per heavy atom. The number of alkyl halides is 1. The lowest BCUT2D eigenvalue weighted by Crippen LogP contribution is -2.50. The van der Waals surface area contributed by atoms with Crippen molar-refractivity contribution in [2.24, 2.45) is 5.92 Å². The van der Waals surface area contributed by atoms with Crippen molar-refractivity contribution in [1.29, 1.82) is 0 Å². The first-order valence-electron chi connectivity index (χ1n) is 10.6. The standard InChI is InChI=1S/C25H28INO3/c1-18-22(26)14-15-23(30-18)24(21-12-13-21)27(16-19-8-4-2-5-9-19)25(28)29-17-20-10-6-3-7-11-20/h2-11,21-24H,1,12-17H2/t22?,23-,24+/m0/s1. The Morgan fingerprint density at radius 3 is 2.27 bits per heavy atom. The minimum Gasteiger partial charge on any atom is -0.492 e. The summed E-state index contributed by atoms with van der Waals surface area (Å²) in [6.07, 6.45) is 3.93. The van der Waals surface area contributed by atoms with Crippen LogP contribution < -0.4 is 0 Å². The molecule has 158 valence electrons. The number of amides is 1. The van der Waals surface area contributed by atoms with E-state index in [0.717, 1.165) is 42.6 Å². The topological polar surface area (TPSA) is 38.8 Å². The Balaban J connectivity index is 1.54. The van der Waals surface area contributed by atoms with Gasteiger partial charge in [0.25, 0.3) is 0 Å². The van der Waals surface area contributed by atoms with Gasteiger partial charge in [-0.2, -0.15) is 0 Å². The highest BCUT2D eigenvalue weighted by molar-refractivity contribution is 14.1. The monoisotopic (exact) mass is 517 g/mol. The summed E-state index contributed by atoms with van der Waals surface area (Å²) >= 11 is 2.39. The maximum atomic E-state index is 13.3. The molecule has 0 spiro atoms. The van der Waals surface area contributed by atoms with Gasteiger partial charge in [0.05, 0.1) is 9.97 Å². The normalized spacial score (nSPS) is 22.1. The molecule has 0 N–H and O–H groups in total. The van der Waals surface area contributed by atoms with Crippen LogP contribution in [0.4, 0.5) is 4.79 Å². The summed E-state index contributed by atoms with van der Waals surface area (Å²) in [5, 5.41) is 0. The van der Waals surface area contributed by atoms with Crippen molar-refractivity contribution in [3.63, 3.8) is 0 Å². The minimum absolute atomic E-state index is 0.00845. The van der Waals surface area contributed by atoms with E-state index in [2.05, 4.69) is 41.3 Å². The van der Waals surface area contributed by atoms with Crippen molar-refractivity contribution in [2.45, 2.75) is 54.9 Å². The number of rotatable bonds is 7. The highest BCUT2D eigenvalue weighted by atomic mass is 127. The van der Waals surface area contributed by atoms with Crippen LogP contribution in [0.25, 0.3) is 0 Å². The molecule has 0 bridgehead atoms. The quantitative estimate of drug-likeness (QED) is 0.329. The molecule has 1 heterocycles. The fraction of sp³-hybridized carbons (Fsp3) is 0.400. The fourth-order valence-corrected chi connectivity index (χ4v) is 4.62. The van der Waals surface area contributed by atoms with Gasteiger partial charge in [0.2, 0.25) is 0 Å². The number of halogens is 1. The van der Waals surface area contributed by atoms with E-state index in [9.17, 15) is 4.79 Å². The predicted octanol–water partition coefficient (Wildman–Crippen LogP) is 6.10. The molecule has 0 radical (unpaired) electrons. The molecule has 1 saturated heterocycles. The van der Waals surface area contributed by atoms with Crippen LogP contribution in [-0.4, -0.2) is 27.1 Å². The summed E-state index contributed by atoms with van der Waals surface area (Å²) in [5.41, 5.74) is 2.09. The lowest BCUT2D eigenvalue weighted by molar-refractivity contribution is -0.0145. The maximum absolute atomic E-state index is 13.3. The van der Waals surface area contributed by atoms with Gasteiger partial charge in [-0.05, 0) is 42.7 Å². The van der Waals surface area contributed by atoms with E-state index >= 15 is 0 Å². The number of hydrogen-bond acceptors (Lipinski definition) is 3. The Kier molecular flexibility index (Phi) is 6.97. The van der Waals surface area contributed by atoms with E-state index < -0.39 is 0 Å². The molecule has 4 rings (SSSR count). The second kappa shape index (κ2) is 9.86. The maximum Gasteiger partial charge on any atom is 0.410 e. The summed E-state index contributed by atoms with van der Waals surface area (Å²) in [7, 11) is 0. The average molecular weight is 517 g/mol. The lowest BCUT2D eigenvalue weighted by atomic mass is 9.96. The molecule has 30 heavy (non-hydrogen) atoms. The van der Waals surface area contributed by atoms with Crippen LogP contribution in [0.3, 0.4) is 0 Å². The molecular weight excluding hydrogens is 489 g/mol. The Morgan fingerprint density at radius 1 is 1.03 bits per heavy atom. The molecule has 4 nitrogen and oxygen atoms in total. The van der Waals surface area contributed by atoms with Crippen molar-refractivity contribution in [2.75, 3.05) is 0 Å². The average Bonchev–Trinajstić information content (AvgIpc) is 3.60. The second-order valence-electron chi connectivity index (χ2n) is 8.15. The molecule has 1 aliphatic carbocycles. The number of carbonyl (C=O) groups is 1. The van der Waals surface area contributed by atoms with Crippen LogP contribution in [-0.2, 0) is 22.6 Å². The van der Waals surface area contributed by atoms with Crippen LogP contribution in [0.1, 0.15) is 36.8 Å². The Hall–Kier alpha value is -2.02. The zero-order chi connectivity index (χ0) is 20.9. The van der Waals surface area contributed by atoms with Crippen molar-refractivity contribution < 1.29 is 14.3 Å². The number of carbonyl (C=O) groups excluding carboxylic acids is 1. The summed E-state index contributed by atoms with van der Waals surface area (Å²) in [6, 6.07) is 20.0. The third-order valence-corrected chi connectivity index (χ3v) is 7.16. The fourth-order valence-electron chi connectivity index (χ4n) is 4.11. The smallest absolute Gasteiger partial charge is 0.410 e. The number of allylic oxidation sites excluding steroid dienone is 1. The van der Waals surface area contributed by atoms with Gasteiger partial charge in [0.1, 0.15) is 18.5 Å². The van der Waals surface area contributed by atoms with Crippen molar-refractivity contribution in [1.82, 2.24) is 4.90 Å². The van der Waals surface area contributed by atoms with E-state index in [1.165, 1.54) is 0 Å². The highest BCUT2D eigenvalue weighted by Crippen LogP contribution is 2.42. The summed E-state index contributed by atoms with van der Waals surface area (Å²) < 4.78 is 12.3. The van der Waals surface area contributed by atoms with Crippen LogP contribution in [0.15, 0.2) is 73.0 Å². The molecule has 2 aromatic carbocycles. The van der Waals surface area contributed by atoms with Crippen LogP contribution >= 0.6 is 22.6 Å². The molecule has 3 atom stereocenters. The zero-order valence-electron chi connectivity index (χ0n) is 17.1. The first-order valence-corrected chi connectivity index (χ1v) is 11.9. The highest BCUT2D eigenvalue weighted by Gasteiger charge is 2.45. The molecule has 0 aromatic heterocycles. The van der Waals surface area contributed by atoms with Gasteiger partial charge in [0.15, 0.2) is 0 Å². The second-order valence-corrected chi connectivity index (χ2v) is 9.65. The number of hydrogen-bond donors (Lipinski definition) is 0. The van der Waals surface area contributed by atoms with Gasteiger partial charge in [-0.3, -0.25) is 4.90 Å². The summed E-state index contributed by atoms with van der Waals surface area (Å²) in [4.78, 5) is 15.2. The predicted molar refractivity (Wildman–Crippen MR) is 126 cm³/mol. The number of benzene rings is 2. The van der Waals surface area contributed by atoms with Gasteiger partial charge in [0, 0.05) is 6.54 Å². The first kappa shape index (κ1) is 21.2. The van der Waals surface area contributed by atoms with Crippen molar-refractivity contribution in [3.05, 3.63) is 84.1 Å². The Bertz CT molecular complexity index is 853. The van der Waals surface area contributed by atoms with Gasteiger partial charge in [-0.25, -0.2) is 4.79 Å². The van der Waals surface area contributed by atoms with Crippen molar-refractivity contribution in [3.8, 4) is 0 Å². The summed E-state index contributed by atoms with van der Waals surface area (Å²) in [5.74, 6) is 1.29. The molecule has 1 saturated carbocycles. The number of nitrogens with zero attached hydrogens (tertiary/aromatic N) is 1. The largest absolute Gasteiger partial charge is 0.492 e. The zero-order valence-corrected chi connectivity index (χ0v) is 19.2. The third kappa shape index (κ3) is 5.36. The van der Waals surface area contributed by atoms with Crippen LogP contribution in [0.2, 0.25) is 0 Å². The molecule has 2 aromatic rings. The SMILES string of the molecule is C=C1O[C@H]([C@@H](C2CC2)N(Cc2ccccc2)C(=O)OCc2ccccc2)CCC1I. The van der Waals surface area contributed by atoms with Gasteiger partial charge in [-0.15, -0.1) is 0 Å². The molecule has 2 aliphatic rings. The first-order chi connectivity index (χ1) is 14.6. The molecular formula is C25H28INO3. The van der Waals surface area contributed by atoms with E-state index in [1.54, 1.807) is 0 Å². The number of ether oxygens (including phenoxy) is 2. The Labute approximate surface area is 192 Å². The van der Waals surface area contributed by atoms with Gasteiger partial charge >= 0.3 is 6.09 Å². The van der Waals surface area contributed by atoms with E-state index in [1.807, 2.05) is 53.4 Å². The summed E-state index contributed by atoms with van der Waals surface area (Å²) in [6.45, 7) is 4.90. The van der Waals surface area contributed by atoms with E-state index in [4.69, 9.17) is 9.47 Å². The van der Waals surface area contributed by atoms with Gasteiger partial charge < -0.3 is 9.47 Å². The van der Waals surface area contributed by atoms with E-state index in [-0.39, 0.29) is 24.8 Å². The third-order valence-electron chi connectivity index (χ3n) is 5.84. The molecule has 1 amide bonds. The molecule has 2 fully saturated rings. The molecule has 5 heteroatoms. The van der Waals surface area contributed by atoms with Crippen LogP contribution in [0, 0.1) is 5.92 Å². The van der Waals surface area contributed by atoms with E-state index in [0.29, 0.717) is 16.4 Å². The van der Waals surface area contributed by atoms with Crippen molar-refractivity contribution >= 4 is 28.7 Å².